The molecule has 2 rings (SSSR count). The standard InChI is InChI=1S/C16H21NO5/c1-10-3-4-11(22-10)6-8-15(18)17-14-7-5-12(21-2)9-13(14)16(19)20/h5,7,9-11H,3-4,6,8H2,1-2H3,(H,17,18)(H,19,20). The van der Waals surface area contributed by atoms with Crippen molar-refractivity contribution >= 4 is 17.6 Å². The zero-order chi connectivity index (χ0) is 16.1. The average molecular weight is 307 g/mol. The van der Waals surface area contributed by atoms with E-state index in [2.05, 4.69) is 5.32 Å². The lowest BCUT2D eigenvalue weighted by Gasteiger charge is -2.12. The van der Waals surface area contributed by atoms with Gasteiger partial charge in [0.25, 0.3) is 0 Å². The number of anilines is 1. The molecule has 1 amide bonds. The maximum absolute atomic E-state index is 12.0. The number of methoxy groups -OCH3 is 1. The smallest absolute Gasteiger partial charge is 0.337 e. The Balaban J connectivity index is 1.94. The summed E-state index contributed by atoms with van der Waals surface area (Å²) in [4.78, 5) is 23.2. The third-order valence-electron chi connectivity index (χ3n) is 3.74. The number of rotatable bonds is 6. The molecule has 6 nitrogen and oxygen atoms in total. The number of carbonyl (C=O) groups is 2. The number of hydrogen-bond acceptors (Lipinski definition) is 4. The second-order valence-corrected chi connectivity index (χ2v) is 5.45. The van der Waals surface area contributed by atoms with Gasteiger partial charge in [0.15, 0.2) is 0 Å². The summed E-state index contributed by atoms with van der Waals surface area (Å²) in [5, 5.41) is 11.9. The van der Waals surface area contributed by atoms with Crippen LogP contribution in [0.25, 0.3) is 0 Å². The normalized spacial score (nSPS) is 20.6. The summed E-state index contributed by atoms with van der Waals surface area (Å²) in [5.74, 6) is -0.887. The molecule has 2 atom stereocenters. The van der Waals surface area contributed by atoms with Crippen LogP contribution in [0.1, 0.15) is 43.0 Å². The van der Waals surface area contributed by atoms with Crippen molar-refractivity contribution in [2.45, 2.75) is 44.8 Å². The Kier molecular flexibility index (Phi) is 5.38. The second kappa shape index (κ2) is 7.26. The highest BCUT2D eigenvalue weighted by atomic mass is 16.5. The Bertz CT molecular complexity index is 557. The Morgan fingerprint density at radius 1 is 1.41 bits per heavy atom. The molecule has 0 radical (unpaired) electrons. The minimum absolute atomic E-state index is 0.0124. The van der Waals surface area contributed by atoms with Crippen LogP contribution in [0.2, 0.25) is 0 Å². The molecule has 22 heavy (non-hydrogen) atoms. The first-order valence-electron chi connectivity index (χ1n) is 7.36. The minimum Gasteiger partial charge on any atom is -0.497 e. The topological polar surface area (TPSA) is 84.9 Å². The third kappa shape index (κ3) is 4.21. The van der Waals surface area contributed by atoms with Gasteiger partial charge in [-0.15, -0.1) is 0 Å². The van der Waals surface area contributed by atoms with Crippen molar-refractivity contribution in [1.82, 2.24) is 0 Å². The van der Waals surface area contributed by atoms with Gasteiger partial charge in [-0.1, -0.05) is 0 Å². The second-order valence-electron chi connectivity index (χ2n) is 5.45. The number of nitrogens with one attached hydrogen (secondary N) is 1. The van der Waals surface area contributed by atoms with Crippen molar-refractivity contribution in [3.05, 3.63) is 23.8 Å². The van der Waals surface area contributed by atoms with Crippen LogP contribution in [0, 0.1) is 0 Å². The maximum Gasteiger partial charge on any atom is 0.337 e. The summed E-state index contributed by atoms with van der Waals surface area (Å²) >= 11 is 0. The molecular weight excluding hydrogens is 286 g/mol. The molecular formula is C16H21NO5. The van der Waals surface area contributed by atoms with Crippen LogP contribution in [0.15, 0.2) is 18.2 Å². The number of hydrogen-bond donors (Lipinski definition) is 2. The number of amides is 1. The van der Waals surface area contributed by atoms with Gasteiger partial charge in [-0.3, -0.25) is 4.79 Å². The fourth-order valence-corrected chi connectivity index (χ4v) is 2.54. The number of benzene rings is 1. The van der Waals surface area contributed by atoms with Gasteiger partial charge in [0.1, 0.15) is 5.75 Å². The summed E-state index contributed by atoms with van der Waals surface area (Å²) < 4.78 is 10.7. The first kappa shape index (κ1) is 16.3. The van der Waals surface area contributed by atoms with Crippen LogP contribution >= 0.6 is 0 Å². The molecule has 1 aliphatic rings. The molecule has 1 aliphatic heterocycles. The van der Waals surface area contributed by atoms with Crippen molar-refractivity contribution in [3.8, 4) is 5.75 Å². The number of carboxylic acid groups (broad SMARTS) is 1. The molecule has 0 spiro atoms. The van der Waals surface area contributed by atoms with E-state index in [0.717, 1.165) is 12.8 Å². The van der Waals surface area contributed by atoms with E-state index in [1.807, 2.05) is 6.92 Å². The molecule has 1 fully saturated rings. The van der Waals surface area contributed by atoms with Gasteiger partial charge in [-0.05, 0) is 44.4 Å². The lowest BCUT2D eigenvalue weighted by Crippen LogP contribution is -2.17. The van der Waals surface area contributed by atoms with Crippen molar-refractivity contribution in [1.29, 1.82) is 0 Å². The van der Waals surface area contributed by atoms with E-state index in [4.69, 9.17) is 9.47 Å². The van der Waals surface area contributed by atoms with Crippen LogP contribution in [-0.4, -0.2) is 36.3 Å². The molecule has 2 N–H and O–H groups in total. The van der Waals surface area contributed by atoms with Crippen molar-refractivity contribution in [2.75, 3.05) is 12.4 Å². The number of ether oxygens (including phenoxy) is 2. The largest absolute Gasteiger partial charge is 0.497 e. The molecule has 0 aliphatic carbocycles. The van der Waals surface area contributed by atoms with Crippen LogP contribution in [0.4, 0.5) is 5.69 Å². The number of carboxylic acids is 1. The van der Waals surface area contributed by atoms with E-state index in [1.165, 1.54) is 19.2 Å². The Morgan fingerprint density at radius 3 is 2.77 bits per heavy atom. The highest BCUT2D eigenvalue weighted by Crippen LogP contribution is 2.24. The van der Waals surface area contributed by atoms with Crippen LogP contribution in [0.5, 0.6) is 5.75 Å². The molecule has 2 unspecified atom stereocenters. The molecule has 120 valence electrons. The van der Waals surface area contributed by atoms with Crippen LogP contribution in [0.3, 0.4) is 0 Å². The number of aromatic carboxylic acids is 1. The quantitative estimate of drug-likeness (QED) is 0.844. The monoisotopic (exact) mass is 307 g/mol. The van der Waals surface area contributed by atoms with E-state index < -0.39 is 5.97 Å². The van der Waals surface area contributed by atoms with Gasteiger partial charge in [0.05, 0.1) is 30.6 Å². The fraction of sp³-hybridized carbons (Fsp3) is 0.500. The van der Waals surface area contributed by atoms with Crippen LogP contribution in [-0.2, 0) is 9.53 Å². The highest BCUT2D eigenvalue weighted by molar-refractivity contribution is 6.00. The molecule has 6 heteroatoms. The van der Waals surface area contributed by atoms with Crippen molar-refractivity contribution in [3.63, 3.8) is 0 Å². The molecule has 1 saturated heterocycles. The molecule has 0 saturated carbocycles. The van der Waals surface area contributed by atoms with Gasteiger partial charge in [-0.25, -0.2) is 4.79 Å². The Labute approximate surface area is 129 Å². The van der Waals surface area contributed by atoms with Crippen molar-refractivity contribution < 1.29 is 24.2 Å². The van der Waals surface area contributed by atoms with E-state index in [9.17, 15) is 14.7 Å². The molecule has 1 aromatic rings. The average Bonchev–Trinajstić information content (AvgIpc) is 2.91. The predicted octanol–water partition coefficient (Wildman–Crippen LogP) is 2.68. The van der Waals surface area contributed by atoms with Crippen molar-refractivity contribution in [2.24, 2.45) is 0 Å². The van der Waals surface area contributed by atoms with Crippen LogP contribution < -0.4 is 10.1 Å². The zero-order valence-electron chi connectivity index (χ0n) is 12.8. The Hall–Kier alpha value is -2.08. The minimum atomic E-state index is -1.11. The van der Waals surface area contributed by atoms with Gasteiger partial charge in [0.2, 0.25) is 5.91 Å². The van der Waals surface area contributed by atoms with Gasteiger partial charge < -0.3 is 19.9 Å². The lowest BCUT2D eigenvalue weighted by molar-refractivity contribution is -0.116. The summed E-state index contributed by atoms with van der Waals surface area (Å²) in [6.07, 6.45) is 3.33. The summed E-state index contributed by atoms with van der Waals surface area (Å²) in [5.41, 5.74) is 0.289. The molecule has 0 aromatic heterocycles. The molecule has 1 heterocycles. The summed E-state index contributed by atoms with van der Waals surface area (Å²) in [7, 11) is 1.46. The maximum atomic E-state index is 12.0. The molecule has 1 aromatic carbocycles. The van der Waals surface area contributed by atoms with E-state index in [-0.39, 0.29) is 29.4 Å². The Morgan fingerprint density at radius 2 is 2.18 bits per heavy atom. The summed E-state index contributed by atoms with van der Waals surface area (Å²) in [6, 6.07) is 4.54. The third-order valence-corrected chi connectivity index (χ3v) is 3.74. The lowest BCUT2D eigenvalue weighted by atomic mass is 10.1. The van der Waals surface area contributed by atoms with E-state index >= 15 is 0 Å². The van der Waals surface area contributed by atoms with Gasteiger partial charge >= 0.3 is 5.97 Å². The zero-order valence-corrected chi connectivity index (χ0v) is 12.8. The summed E-state index contributed by atoms with van der Waals surface area (Å²) in [6.45, 7) is 2.02. The highest BCUT2D eigenvalue weighted by Gasteiger charge is 2.22. The first-order chi connectivity index (χ1) is 10.5. The fourth-order valence-electron chi connectivity index (χ4n) is 2.54. The van der Waals surface area contributed by atoms with E-state index in [0.29, 0.717) is 18.6 Å². The van der Waals surface area contributed by atoms with Gasteiger partial charge in [0, 0.05) is 6.42 Å². The predicted molar refractivity (Wildman–Crippen MR) is 81.4 cm³/mol. The first-order valence-corrected chi connectivity index (χ1v) is 7.36. The van der Waals surface area contributed by atoms with Gasteiger partial charge in [-0.2, -0.15) is 0 Å². The molecule has 0 bridgehead atoms. The SMILES string of the molecule is COc1ccc(NC(=O)CCC2CCC(C)O2)c(C(=O)O)c1. The number of carbonyl (C=O) groups excluding carboxylic acids is 1. The van der Waals surface area contributed by atoms with E-state index in [1.54, 1.807) is 6.07 Å².